The lowest BCUT2D eigenvalue weighted by Gasteiger charge is -2.10. The molecule has 2 heteroatoms. The third-order valence-corrected chi connectivity index (χ3v) is 3.78. The van der Waals surface area contributed by atoms with Crippen LogP contribution >= 0.6 is 0 Å². The monoisotopic (exact) mass is 194 g/mol. The molecule has 2 N–H and O–H groups in total. The summed E-state index contributed by atoms with van der Waals surface area (Å²) in [4.78, 5) is 4.58. The molecule has 2 nitrogen and oxygen atoms in total. The fourth-order valence-electron chi connectivity index (χ4n) is 2.78. The van der Waals surface area contributed by atoms with E-state index >= 15 is 0 Å². The fraction of sp³-hybridized carbons (Fsp3) is 0.917. The zero-order valence-corrected chi connectivity index (χ0v) is 9.04. The van der Waals surface area contributed by atoms with Crippen LogP contribution in [0, 0.1) is 11.8 Å². The normalized spacial score (nSPS) is 26.1. The van der Waals surface area contributed by atoms with Gasteiger partial charge in [-0.3, -0.25) is 4.99 Å². The van der Waals surface area contributed by atoms with Gasteiger partial charge < -0.3 is 5.73 Å². The molecule has 0 atom stereocenters. The van der Waals surface area contributed by atoms with E-state index in [1.165, 1.54) is 51.4 Å². The smallest absolute Gasteiger partial charge is 0.0968 e. The van der Waals surface area contributed by atoms with Gasteiger partial charge in [0.1, 0.15) is 0 Å². The molecule has 0 unspecified atom stereocenters. The van der Waals surface area contributed by atoms with Gasteiger partial charge in [-0.05, 0) is 31.6 Å². The highest BCUT2D eigenvalue weighted by Gasteiger charge is 2.19. The summed E-state index contributed by atoms with van der Waals surface area (Å²) in [5.74, 6) is 2.42. The van der Waals surface area contributed by atoms with Crippen LogP contribution in [-0.4, -0.2) is 12.4 Å². The fourth-order valence-corrected chi connectivity index (χ4v) is 2.78. The largest absolute Gasteiger partial charge is 0.387 e. The van der Waals surface area contributed by atoms with Crippen LogP contribution < -0.4 is 5.73 Å². The SMILES string of the molecule is NC(=NCC1CCCC1)C1CCCC1. The van der Waals surface area contributed by atoms with E-state index in [4.69, 9.17) is 5.73 Å². The molecular weight excluding hydrogens is 172 g/mol. The molecule has 0 aliphatic heterocycles. The quantitative estimate of drug-likeness (QED) is 0.544. The molecule has 0 heterocycles. The number of aliphatic imine (C=N–C) groups is 1. The van der Waals surface area contributed by atoms with Gasteiger partial charge in [0.2, 0.25) is 0 Å². The van der Waals surface area contributed by atoms with E-state index in [9.17, 15) is 0 Å². The van der Waals surface area contributed by atoms with E-state index in [-0.39, 0.29) is 0 Å². The van der Waals surface area contributed by atoms with Crippen molar-refractivity contribution >= 4 is 5.84 Å². The Balaban J connectivity index is 1.77. The molecule has 2 fully saturated rings. The zero-order chi connectivity index (χ0) is 9.80. The van der Waals surface area contributed by atoms with E-state index in [0.29, 0.717) is 5.92 Å². The van der Waals surface area contributed by atoms with E-state index < -0.39 is 0 Å². The predicted octanol–water partition coefficient (Wildman–Crippen LogP) is 2.72. The predicted molar refractivity (Wildman–Crippen MR) is 60.4 cm³/mol. The van der Waals surface area contributed by atoms with Crippen LogP contribution in [0.5, 0.6) is 0 Å². The first-order chi connectivity index (χ1) is 6.86. The summed E-state index contributed by atoms with van der Waals surface area (Å²) < 4.78 is 0. The molecule has 0 aromatic carbocycles. The molecule has 14 heavy (non-hydrogen) atoms. The van der Waals surface area contributed by atoms with Crippen LogP contribution in [0.1, 0.15) is 51.4 Å². The molecule has 2 saturated carbocycles. The topological polar surface area (TPSA) is 38.4 Å². The Morgan fingerprint density at radius 1 is 1.00 bits per heavy atom. The minimum absolute atomic E-state index is 0.622. The maximum atomic E-state index is 6.01. The third-order valence-electron chi connectivity index (χ3n) is 3.78. The molecule has 2 rings (SSSR count). The van der Waals surface area contributed by atoms with Crippen molar-refractivity contribution in [1.29, 1.82) is 0 Å². The Hall–Kier alpha value is -0.530. The van der Waals surface area contributed by atoms with E-state index in [2.05, 4.69) is 4.99 Å². The Morgan fingerprint density at radius 2 is 1.57 bits per heavy atom. The maximum absolute atomic E-state index is 6.01. The zero-order valence-electron chi connectivity index (χ0n) is 9.04. The average Bonchev–Trinajstić information content (AvgIpc) is 2.87. The molecule has 2 aliphatic rings. The van der Waals surface area contributed by atoms with Gasteiger partial charge in [-0.1, -0.05) is 25.7 Å². The van der Waals surface area contributed by atoms with Crippen molar-refractivity contribution in [3.63, 3.8) is 0 Å². The molecule has 0 saturated heterocycles. The minimum atomic E-state index is 0.622. The van der Waals surface area contributed by atoms with Gasteiger partial charge in [-0.2, -0.15) is 0 Å². The summed E-state index contributed by atoms with van der Waals surface area (Å²) in [5.41, 5.74) is 6.01. The average molecular weight is 194 g/mol. The molecule has 0 spiro atoms. The number of nitrogens with two attached hydrogens (primary N) is 1. The van der Waals surface area contributed by atoms with Crippen molar-refractivity contribution in [2.75, 3.05) is 6.54 Å². The Bertz CT molecular complexity index is 198. The van der Waals surface area contributed by atoms with Crippen LogP contribution in [0.3, 0.4) is 0 Å². The van der Waals surface area contributed by atoms with Crippen LogP contribution in [0.4, 0.5) is 0 Å². The lowest BCUT2D eigenvalue weighted by atomic mass is 10.1. The Labute approximate surface area is 87.0 Å². The number of hydrogen-bond acceptors (Lipinski definition) is 1. The molecule has 0 amide bonds. The van der Waals surface area contributed by atoms with E-state index in [1.807, 2.05) is 0 Å². The van der Waals surface area contributed by atoms with Gasteiger partial charge in [0.25, 0.3) is 0 Å². The maximum Gasteiger partial charge on any atom is 0.0968 e. The number of amidine groups is 1. The van der Waals surface area contributed by atoms with Crippen molar-refractivity contribution in [2.45, 2.75) is 51.4 Å². The lowest BCUT2D eigenvalue weighted by molar-refractivity contribution is 0.559. The second-order valence-electron chi connectivity index (χ2n) is 4.90. The van der Waals surface area contributed by atoms with Crippen LogP contribution in [0.15, 0.2) is 4.99 Å². The highest BCUT2D eigenvalue weighted by atomic mass is 14.9. The molecular formula is C12H22N2. The van der Waals surface area contributed by atoms with Gasteiger partial charge in [-0.15, -0.1) is 0 Å². The van der Waals surface area contributed by atoms with Crippen molar-refractivity contribution in [3.05, 3.63) is 0 Å². The van der Waals surface area contributed by atoms with Gasteiger partial charge in [0.05, 0.1) is 5.84 Å². The van der Waals surface area contributed by atoms with Crippen molar-refractivity contribution in [2.24, 2.45) is 22.6 Å². The van der Waals surface area contributed by atoms with E-state index in [0.717, 1.165) is 18.3 Å². The Morgan fingerprint density at radius 3 is 2.21 bits per heavy atom. The Kier molecular flexibility index (Phi) is 3.44. The molecule has 0 aromatic rings. The molecule has 0 aromatic heterocycles. The summed E-state index contributed by atoms with van der Waals surface area (Å²) in [6.07, 6.45) is 10.8. The standard InChI is InChI=1S/C12H22N2/c13-12(11-7-3-4-8-11)14-9-10-5-1-2-6-10/h10-11H,1-9H2,(H2,13,14). The first-order valence-corrected chi connectivity index (χ1v) is 6.16. The molecule has 0 radical (unpaired) electrons. The molecule has 80 valence electrons. The number of rotatable bonds is 3. The first kappa shape index (κ1) is 10.0. The van der Waals surface area contributed by atoms with Crippen LogP contribution in [-0.2, 0) is 0 Å². The highest BCUT2D eigenvalue weighted by molar-refractivity contribution is 5.83. The number of hydrogen-bond donors (Lipinski definition) is 1. The van der Waals surface area contributed by atoms with Gasteiger partial charge >= 0.3 is 0 Å². The summed E-state index contributed by atoms with van der Waals surface area (Å²) in [6, 6.07) is 0. The molecule has 0 bridgehead atoms. The highest BCUT2D eigenvalue weighted by Crippen LogP contribution is 2.27. The second-order valence-corrected chi connectivity index (χ2v) is 4.90. The first-order valence-electron chi connectivity index (χ1n) is 6.16. The van der Waals surface area contributed by atoms with Crippen molar-refractivity contribution in [3.8, 4) is 0 Å². The van der Waals surface area contributed by atoms with Crippen molar-refractivity contribution in [1.82, 2.24) is 0 Å². The van der Waals surface area contributed by atoms with Crippen LogP contribution in [0.25, 0.3) is 0 Å². The van der Waals surface area contributed by atoms with Gasteiger partial charge in [-0.25, -0.2) is 0 Å². The summed E-state index contributed by atoms with van der Waals surface area (Å²) in [6.45, 7) is 1.00. The van der Waals surface area contributed by atoms with Gasteiger partial charge in [0, 0.05) is 12.5 Å². The number of nitrogens with zero attached hydrogens (tertiary/aromatic N) is 1. The second kappa shape index (κ2) is 4.81. The summed E-state index contributed by atoms with van der Waals surface area (Å²) >= 11 is 0. The van der Waals surface area contributed by atoms with Crippen LogP contribution in [0.2, 0.25) is 0 Å². The van der Waals surface area contributed by atoms with E-state index in [1.54, 1.807) is 0 Å². The molecule has 2 aliphatic carbocycles. The summed E-state index contributed by atoms with van der Waals surface area (Å²) in [7, 11) is 0. The lowest BCUT2D eigenvalue weighted by Crippen LogP contribution is -2.22. The van der Waals surface area contributed by atoms with Crippen molar-refractivity contribution < 1.29 is 0 Å². The van der Waals surface area contributed by atoms with Gasteiger partial charge in [0.15, 0.2) is 0 Å². The minimum Gasteiger partial charge on any atom is -0.387 e. The third kappa shape index (κ3) is 2.49. The summed E-state index contributed by atoms with van der Waals surface area (Å²) in [5, 5.41) is 0.